The summed E-state index contributed by atoms with van der Waals surface area (Å²) in [5.41, 5.74) is 5.69. The van der Waals surface area contributed by atoms with Gasteiger partial charge in [-0.25, -0.2) is 0 Å². The summed E-state index contributed by atoms with van der Waals surface area (Å²) >= 11 is 0. The first-order valence-electron chi connectivity index (χ1n) is 8.35. The van der Waals surface area contributed by atoms with Crippen LogP contribution in [0.3, 0.4) is 0 Å². The van der Waals surface area contributed by atoms with Gasteiger partial charge in [0.15, 0.2) is 5.82 Å². The molecule has 0 aliphatic carbocycles. The molecular weight excluding hydrogens is 266 g/mol. The fourth-order valence-electron chi connectivity index (χ4n) is 3.76. The molecule has 2 aliphatic heterocycles. The third-order valence-electron chi connectivity index (χ3n) is 5.13. The molecule has 1 aromatic heterocycles. The quantitative estimate of drug-likeness (QED) is 0.836. The van der Waals surface area contributed by atoms with Gasteiger partial charge in [0, 0.05) is 6.42 Å². The van der Waals surface area contributed by atoms with Crippen molar-refractivity contribution in [1.29, 1.82) is 0 Å². The lowest BCUT2D eigenvalue weighted by Crippen LogP contribution is -2.16. The van der Waals surface area contributed by atoms with E-state index in [0.29, 0.717) is 30.0 Å². The van der Waals surface area contributed by atoms with Gasteiger partial charge in [-0.2, -0.15) is 4.98 Å². The zero-order valence-corrected chi connectivity index (χ0v) is 13.1. The third-order valence-corrected chi connectivity index (χ3v) is 5.13. The number of rotatable bonds is 7. The van der Waals surface area contributed by atoms with Crippen LogP contribution in [0, 0.1) is 11.8 Å². The van der Waals surface area contributed by atoms with E-state index in [1.54, 1.807) is 0 Å². The van der Waals surface area contributed by atoms with E-state index in [1.165, 1.54) is 6.42 Å². The lowest BCUT2D eigenvalue weighted by molar-refractivity contribution is 0.0996. The summed E-state index contributed by atoms with van der Waals surface area (Å²) in [6.45, 7) is 5.26. The highest BCUT2D eigenvalue weighted by Gasteiger charge is 2.43. The van der Waals surface area contributed by atoms with Crippen molar-refractivity contribution in [3.05, 3.63) is 11.7 Å². The Morgan fingerprint density at radius 1 is 1.29 bits per heavy atom. The number of hydrogen-bond donors (Lipinski definition) is 1. The molecule has 3 rings (SSSR count). The van der Waals surface area contributed by atoms with Gasteiger partial charge in [-0.05, 0) is 50.5 Å². The molecule has 0 radical (unpaired) electrons. The Bertz CT molecular complexity index is 460. The number of aromatic nitrogens is 2. The minimum atomic E-state index is 0.320. The number of nitrogens with two attached hydrogens (primary N) is 1. The number of nitrogens with zero attached hydrogens (tertiary/aromatic N) is 2. The Hall–Kier alpha value is -0.940. The predicted molar refractivity (Wildman–Crippen MR) is 79.9 cm³/mol. The highest BCUT2D eigenvalue weighted by atomic mass is 16.5. The average Bonchev–Trinajstić information content (AvgIpc) is 3.18. The topological polar surface area (TPSA) is 74.2 Å². The van der Waals surface area contributed by atoms with Gasteiger partial charge in [0.05, 0.1) is 18.1 Å². The first-order valence-corrected chi connectivity index (χ1v) is 8.35. The van der Waals surface area contributed by atoms with Gasteiger partial charge in [-0.15, -0.1) is 0 Å². The van der Waals surface area contributed by atoms with Crippen LogP contribution in [0.1, 0.15) is 63.6 Å². The first-order chi connectivity index (χ1) is 10.2. The largest absolute Gasteiger partial charge is 0.374 e. The van der Waals surface area contributed by atoms with Crippen LogP contribution in [-0.4, -0.2) is 28.9 Å². The molecule has 1 aromatic rings. The van der Waals surface area contributed by atoms with Crippen molar-refractivity contribution in [2.45, 2.75) is 70.5 Å². The molecule has 5 heteroatoms. The maximum Gasteiger partial charge on any atom is 0.226 e. The van der Waals surface area contributed by atoms with E-state index in [2.05, 4.69) is 24.0 Å². The smallest absolute Gasteiger partial charge is 0.226 e. The monoisotopic (exact) mass is 293 g/mol. The SMILES string of the molecule is CC(C)C(CCN)CCc1nc(C2CC3CCC2O3)no1. The van der Waals surface area contributed by atoms with Gasteiger partial charge in [0.25, 0.3) is 0 Å². The Labute approximate surface area is 126 Å². The maximum atomic E-state index is 5.87. The summed E-state index contributed by atoms with van der Waals surface area (Å²) in [4.78, 5) is 4.61. The normalized spacial score (nSPS) is 29.4. The highest BCUT2D eigenvalue weighted by Crippen LogP contribution is 2.43. The van der Waals surface area contributed by atoms with Gasteiger partial charge in [0.2, 0.25) is 5.89 Å². The molecule has 118 valence electrons. The summed E-state index contributed by atoms with van der Waals surface area (Å²) in [6, 6.07) is 0. The summed E-state index contributed by atoms with van der Waals surface area (Å²) < 4.78 is 11.3. The van der Waals surface area contributed by atoms with Crippen molar-refractivity contribution < 1.29 is 9.26 Å². The van der Waals surface area contributed by atoms with E-state index in [1.807, 2.05) is 0 Å². The molecule has 0 aromatic carbocycles. The van der Waals surface area contributed by atoms with Gasteiger partial charge in [-0.3, -0.25) is 0 Å². The third kappa shape index (κ3) is 3.29. The summed E-state index contributed by atoms with van der Waals surface area (Å²) in [5, 5.41) is 4.19. The van der Waals surface area contributed by atoms with E-state index in [-0.39, 0.29) is 0 Å². The van der Waals surface area contributed by atoms with Crippen molar-refractivity contribution in [2.24, 2.45) is 17.6 Å². The van der Waals surface area contributed by atoms with E-state index in [9.17, 15) is 0 Å². The van der Waals surface area contributed by atoms with Gasteiger partial charge in [-0.1, -0.05) is 19.0 Å². The molecule has 0 spiro atoms. The van der Waals surface area contributed by atoms with Crippen molar-refractivity contribution in [2.75, 3.05) is 6.54 Å². The minimum absolute atomic E-state index is 0.320. The van der Waals surface area contributed by atoms with Crippen LogP contribution in [0.25, 0.3) is 0 Å². The standard InChI is InChI=1S/C16H27N3O2/c1-10(2)11(7-8-17)3-6-15-18-16(19-21-15)13-9-12-4-5-14(13)20-12/h10-14H,3-9,17H2,1-2H3. The lowest BCUT2D eigenvalue weighted by Gasteiger charge is -2.18. The van der Waals surface area contributed by atoms with E-state index in [4.69, 9.17) is 15.0 Å². The van der Waals surface area contributed by atoms with Crippen molar-refractivity contribution in [3.63, 3.8) is 0 Å². The molecule has 2 bridgehead atoms. The molecule has 5 nitrogen and oxygen atoms in total. The molecule has 2 aliphatic rings. The van der Waals surface area contributed by atoms with Crippen molar-refractivity contribution >= 4 is 0 Å². The Kier molecular flexibility index (Phi) is 4.60. The fourth-order valence-corrected chi connectivity index (χ4v) is 3.76. The van der Waals surface area contributed by atoms with Crippen LogP contribution in [0.4, 0.5) is 0 Å². The van der Waals surface area contributed by atoms with E-state index < -0.39 is 0 Å². The Balaban J connectivity index is 1.55. The van der Waals surface area contributed by atoms with Crippen LogP contribution in [0.5, 0.6) is 0 Å². The second-order valence-electron chi connectivity index (χ2n) is 6.88. The Morgan fingerprint density at radius 3 is 2.76 bits per heavy atom. The summed E-state index contributed by atoms with van der Waals surface area (Å²) in [7, 11) is 0. The van der Waals surface area contributed by atoms with Gasteiger partial charge < -0.3 is 15.0 Å². The molecule has 0 amide bonds. The lowest BCUT2D eigenvalue weighted by atomic mass is 9.88. The van der Waals surface area contributed by atoms with Crippen LogP contribution in [-0.2, 0) is 11.2 Å². The Morgan fingerprint density at radius 2 is 2.14 bits per heavy atom. The molecule has 0 saturated carbocycles. The van der Waals surface area contributed by atoms with Crippen molar-refractivity contribution in [3.8, 4) is 0 Å². The number of ether oxygens (including phenoxy) is 1. The first kappa shape index (κ1) is 15.0. The summed E-state index contributed by atoms with van der Waals surface area (Å²) in [6.07, 6.45) is 7.15. The van der Waals surface area contributed by atoms with E-state index in [0.717, 1.165) is 50.4 Å². The molecule has 4 unspecified atom stereocenters. The number of aryl methyl sites for hydroxylation is 1. The van der Waals surface area contributed by atoms with Crippen LogP contribution in [0.15, 0.2) is 4.52 Å². The minimum Gasteiger partial charge on any atom is -0.374 e. The molecule has 2 N–H and O–H groups in total. The molecule has 3 heterocycles. The van der Waals surface area contributed by atoms with Gasteiger partial charge in [0.1, 0.15) is 0 Å². The zero-order valence-electron chi connectivity index (χ0n) is 13.1. The van der Waals surface area contributed by atoms with E-state index >= 15 is 0 Å². The predicted octanol–water partition coefficient (Wildman–Crippen LogP) is 2.66. The average molecular weight is 293 g/mol. The maximum absolute atomic E-state index is 5.87. The van der Waals surface area contributed by atoms with Crippen LogP contribution >= 0.6 is 0 Å². The zero-order chi connectivity index (χ0) is 14.8. The van der Waals surface area contributed by atoms with Gasteiger partial charge >= 0.3 is 0 Å². The second kappa shape index (κ2) is 6.44. The summed E-state index contributed by atoms with van der Waals surface area (Å²) in [5.74, 6) is 3.27. The van der Waals surface area contributed by atoms with Crippen LogP contribution in [0.2, 0.25) is 0 Å². The number of hydrogen-bond acceptors (Lipinski definition) is 5. The molecule has 2 fully saturated rings. The molecular formula is C16H27N3O2. The number of fused-ring (bicyclic) bond motifs is 2. The highest BCUT2D eigenvalue weighted by molar-refractivity contribution is 5.06. The molecule has 2 saturated heterocycles. The van der Waals surface area contributed by atoms with Crippen molar-refractivity contribution in [1.82, 2.24) is 10.1 Å². The van der Waals surface area contributed by atoms with Crippen LogP contribution < -0.4 is 5.73 Å². The molecule has 21 heavy (non-hydrogen) atoms. The molecule has 4 atom stereocenters. The second-order valence-corrected chi connectivity index (χ2v) is 6.88. The fraction of sp³-hybridized carbons (Fsp3) is 0.875.